The van der Waals surface area contributed by atoms with Crippen LogP contribution in [0, 0.1) is 0 Å². The first-order valence-corrected chi connectivity index (χ1v) is 4.22. The molecule has 0 aliphatic carbocycles. The van der Waals surface area contributed by atoms with E-state index in [0.717, 1.165) is 0 Å². The van der Waals surface area contributed by atoms with Gasteiger partial charge in [-0.15, -0.1) is 10.4 Å². The molecule has 0 aliphatic heterocycles. The molecule has 0 aromatic carbocycles. The predicted molar refractivity (Wildman–Crippen MR) is 61.4 cm³/mol. The number of nitrogens with zero attached hydrogens (tertiary/aromatic N) is 10. The van der Waals surface area contributed by atoms with Crippen LogP contribution in [0.25, 0.3) is 0 Å². The van der Waals surface area contributed by atoms with Gasteiger partial charge in [-0.05, 0) is 0 Å². The van der Waals surface area contributed by atoms with Crippen molar-refractivity contribution in [2.45, 2.75) is 0 Å². The van der Waals surface area contributed by atoms with Crippen LogP contribution in [-0.4, -0.2) is 31.1 Å². The molecule has 18 N–H and O–H groups in total. The van der Waals surface area contributed by atoms with Crippen LogP contribution in [0.2, 0.25) is 0 Å². The third-order valence-electron chi connectivity index (χ3n) is 0.846. The van der Waals surface area contributed by atoms with Crippen LogP contribution in [0.1, 0.15) is 0 Å². The Bertz CT molecular complexity index is 306. The molecule has 0 unspecified atom stereocenters. The molecule has 0 saturated heterocycles. The normalized spacial score (nSPS) is 7.80. The number of hydrogen-bond donors (Lipinski definition) is 8. The van der Waals surface area contributed by atoms with Crippen molar-refractivity contribution in [3.8, 4) is 0 Å². The summed E-state index contributed by atoms with van der Waals surface area (Å²) >= 11 is 0. The third-order valence-corrected chi connectivity index (χ3v) is 0.846. The molecule has 0 spiro atoms. The van der Waals surface area contributed by atoms with E-state index in [-0.39, 0.29) is 11.9 Å². The molecule has 2 rings (SSSR count). The lowest BCUT2D eigenvalue weighted by molar-refractivity contribution is -0.379. The van der Waals surface area contributed by atoms with Gasteiger partial charge in [-0.2, -0.15) is 22.1 Å². The van der Waals surface area contributed by atoms with Crippen LogP contribution >= 0.6 is 0 Å². The van der Waals surface area contributed by atoms with Crippen molar-refractivity contribution >= 4 is 11.9 Å². The largest absolute Gasteiger partial charge is 0.283 e. The summed E-state index contributed by atoms with van der Waals surface area (Å²) in [5.41, 5.74) is 0. The van der Waals surface area contributed by atoms with Crippen molar-refractivity contribution in [3.63, 3.8) is 0 Å². The summed E-state index contributed by atoms with van der Waals surface area (Å²) in [4.78, 5) is 0. The van der Waals surface area contributed by atoms with Crippen LogP contribution in [0.4, 0.5) is 11.9 Å². The molecule has 18 nitrogen and oxygen atoms in total. The minimum absolute atomic E-state index is 0.0415. The Kier molecular flexibility index (Phi) is 24.5. The van der Waals surface area contributed by atoms with Crippen molar-refractivity contribution in [2.24, 2.45) is 45.3 Å². The summed E-state index contributed by atoms with van der Waals surface area (Å²) in [7, 11) is 0. The van der Waals surface area contributed by atoms with Gasteiger partial charge in [0.05, 0.1) is 0 Å². The lowest BCUT2D eigenvalue weighted by atomic mass is 11.1. The summed E-state index contributed by atoms with van der Waals surface area (Å²) in [5.74, 6) is 30.1. The molecular weight excluding hydrogens is 276 g/mol. The van der Waals surface area contributed by atoms with Crippen molar-refractivity contribution < 1.29 is 11.7 Å². The van der Waals surface area contributed by atoms with Crippen molar-refractivity contribution in [1.29, 1.82) is 0 Å². The third kappa shape index (κ3) is 11.9. The summed E-state index contributed by atoms with van der Waals surface area (Å²) in [6.45, 7) is 0. The lowest BCUT2D eigenvalue weighted by Crippen LogP contribution is -2.59. The number of rotatable bonds is 2. The van der Waals surface area contributed by atoms with E-state index in [9.17, 15) is 0 Å². The fourth-order valence-corrected chi connectivity index (χ4v) is 0.449. The van der Waals surface area contributed by atoms with Gasteiger partial charge in [-0.3, -0.25) is 55.5 Å². The van der Waals surface area contributed by atoms with Crippen molar-refractivity contribution in [2.75, 3.05) is 0 Å². The van der Waals surface area contributed by atoms with Crippen LogP contribution < -0.4 is 56.9 Å². The van der Waals surface area contributed by atoms with E-state index in [1.165, 1.54) is 0 Å². The van der Waals surface area contributed by atoms with Gasteiger partial charge in [0, 0.05) is 0 Å². The summed E-state index contributed by atoms with van der Waals surface area (Å²) in [5, 5.41) is 33.3. The maximum atomic E-state index is 4.25. The fourth-order valence-electron chi connectivity index (χ4n) is 0.449. The highest BCUT2D eigenvalue weighted by Gasteiger charge is 1.79. The van der Waals surface area contributed by atoms with Gasteiger partial charge in [-0.25, -0.2) is 10.2 Å². The van der Waals surface area contributed by atoms with E-state index in [1.54, 1.807) is 0 Å². The number of hydrazine groups is 2. The van der Waals surface area contributed by atoms with Gasteiger partial charge < -0.3 is 0 Å². The Morgan fingerprint density at radius 2 is 1.00 bits per heavy atom. The maximum absolute atomic E-state index is 4.25. The van der Waals surface area contributed by atoms with Gasteiger partial charge in [0.2, 0.25) is 0 Å². The first-order chi connectivity index (χ1) is 9.95. The maximum Gasteiger partial charge on any atom is 0.117 e. The van der Waals surface area contributed by atoms with E-state index in [4.69, 9.17) is 0 Å². The second kappa shape index (κ2) is 21.7. The summed E-state index contributed by atoms with van der Waals surface area (Å²) in [6.07, 6.45) is 0. The number of tetrazole rings is 2. The lowest BCUT2D eigenvalue weighted by Gasteiger charge is -1.91. The topological polar surface area (TPSA) is 342 Å². The quantitative estimate of drug-likeness (QED) is 0.145. The van der Waals surface area contributed by atoms with E-state index in [2.05, 4.69) is 98.2 Å². The Hall–Kier alpha value is -2.58. The van der Waals surface area contributed by atoms with Gasteiger partial charge in [0.15, 0.2) is 0 Å². The Balaban J connectivity index is -0.000000314. The molecule has 18 heteroatoms. The monoisotopic (exact) mass is 294 g/mol. The molecule has 0 bridgehead atoms. The molecule has 0 fully saturated rings. The zero-order valence-electron chi connectivity index (χ0n) is 10.4. The highest BCUT2D eigenvalue weighted by molar-refractivity contribution is 5.10. The predicted octanol–water partition coefficient (Wildman–Crippen LogP) is -7.77. The number of azo groups is 1. The van der Waals surface area contributed by atoms with Crippen LogP contribution in [0.3, 0.4) is 0 Å². The molecule has 2 aromatic rings. The first kappa shape index (κ1) is 22.6. The average Bonchev–Trinajstić information content (AvgIpc) is 3.27. The minimum Gasteiger partial charge on any atom is -0.283 e. The number of quaternary nitrogens is 2. The molecule has 2 heterocycles. The van der Waals surface area contributed by atoms with Crippen LogP contribution in [-0.2, 0) is 0 Å². The van der Waals surface area contributed by atoms with E-state index in [1.807, 2.05) is 0 Å². The number of aromatic nitrogens is 8. The minimum atomic E-state index is 0.0415. The highest BCUT2D eigenvalue weighted by atomic mass is 15.5. The molecular formula is C2H18N18. The average molecular weight is 294 g/mol. The smallest absolute Gasteiger partial charge is 0.117 e. The Morgan fingerprint density at radius 3 is 1.20 bits per heavy atom. The number of hydrogen-bond acceptors (Lipinski definition) is 14. The summed E-state index contributed by atoms with van der Waals surface area (Å²) < 4.78 is 0. The Morgan fingerprint density at radius 1 is 0.700 bits per heavy atom. The second-order valence-corrected chi connectivity index (χ2v) is 1.56. The van der Waals surface area contributed by atoms with Crippen LogP contribution in [0.5, 0.6) is 0 Å². The first-order valence-electron chi connectivity index (χ1n) is 4.22. The SMILES string of the molecule is N(=N\c1nnn[n-]1)/c1nnn[n-]1.NN.NN.N[NH3+].N[NH3+]. The molecule has 20 heavy (non-hydrogen) atoms. The molecule has 0 aliphatic rings. The van der Waals surface area contributed by atoms with Crippen molar-refractivity contribution in [3.05, 3.63) is 0 Å². The van der Waals surface area contributed by atoms with Crippen molar-refractivity contribution in [1.82, 2.24) is 41.2 Å². The van der Waals surface area contributed by atoms with Gasteiger partial charge in [0.25, 0.3) is 0 Å². The zero-order chi connectivity index (χ0) is 16.2. The standard InChI is InChI=1S/C2N10.4H4N2/c3(1-5-9-10-6-1)4-2-7-11-12-8-2;4*1-2/h;4*1-2H2/q-2;;;;/p+2/b4-3+;;;;. The van der Waals surface area contributed by atoms with Gasteiger partial charge >= 0.3 is 0 Å². The molecule has 2 aromatic heterocycles. The second-order valence-electron chi connectivity index (χ2n) is 1.56. The molecule has 0 saturated carbocycles. The molecule has 116 valence electrons. The van der Waals surface area contributed by atoms with E-state index in [0.29, 0.717) is 0 Å². The van der Waals surface area contributed by atoms with E-state index >= 15 is 0 Å². The van der Waals surface area contributed by atoms with Crippen LogP contribution in [0.15, 0.2) is 10.2 Å². The molecule has 0 amide bonds. The highest BCUT2D eigenvalue weighted by Crippen LogP contribution is 2.03. The molecule has 0 atom stereocenters. The molecule has 0 radical (unpaired) electrons. The summed E-state index contributed by atoms with van der Waals surface area (Å²) in [6, 6.07) is 0. The fraction of sp³-hybridized carbons (Fsp3) is 0. The Labute approximate surface area is 111 Å². The zero-order valence-corrected chi connectivity index (χ0v) is 10.4. The van der Waals surface area contributed by atoms with Gasteiger partial charge in [-0.1, -0.05) is 0 Å². The number of nitrogens with two attached hydrogens (primary N) is 6. The van der Waals surface area contributed by atoms with E-state index < -0.39 is 0 Å². The van der Waals surface area contributed by atoms with Gasteiger partial charge in [0.1, 0.15) is 11.9 Å².